The van der Waals surface area contributed by atoms with E-state index in [1.807, 2.05) is 6.07 Å². The quantitative estimate of drug-likeness (QED) is 0.598. The molecule has 1 heterocycles. The fraction of sp³-hybridized carbons (Fsp3) is 0.150. The lowest BCUT2D eigenvalue weighted by molar-refractivity contribution is -0.117. The van der Waals surface area contributed by atoms with Crippen molar-refractivity contribution in [3.63, 3.8) is 0 Å². The van der Waals surface area contributed by atoms with Crippen LogP contribution in [0, 0.1) is 11.3 Å². The van der Waals surface area contributed by atoms with E-state index >= 15 is 0 Å². The van der Waals surface area contributed by atoms with E-state index in [0.717, 1.165) is 0 Å². The average molecular weight is 410 g/mol. The van der Waals surface area contributed by atoms with Gasteiger partial charge in [0.1, 0.15) is 6.54 Å². The minimum absolute atomic E-state index is 0.135. The molecule has 8 nitrogen and oxygen atoms in total. The van der Waals surface area contributed by atoms with Crippen molar-refractivity contribution in [3.05, 3.63) is 59.1 Å². The van der Waals surface area contributed by atoms with Gasteiger partial charge in [0.25, 0.3) is 11.8 Å². The van der Waals surface area contributed by atoms with Gasteiger partial charge in [-0.15, -0.1) is 10.2 Å². The average Bonchev–Trinajstić information content (AvgIpc) is 3.00. The molecule has 146 valence electrons. The number of para-hydroxylation sites is 1. The molecular formula is C20H16ClN5O3. The third kappa shape index (κ3) is 4.59. The van der Waals surface area contributed by atoms with Crippen molar-refractivity contribution >= 4 is 40.0 Å². The molecule has 0 aliphatic carbocycles. The molecule has 0 saturated carbocycles. The number of nitriles is 1. The molecular weight excluding hydrogens is 394 g/mol. The molecule has 2 amide bonds. The van der Waals surface area contributed by atoms with E-state index < -0.39 is 11.8 Å². The molecule has 2 aromatic carbocycles. The van der Waals surface area contributed by atoms with Gasteiger partial charge in [0.2, 0.25) is 5.88 Å². The minimum Gasteiger partial charge on any atom is -0.493 e. The number of azo groups is 1. The first-order chi connectivity index (χ1) is 14.0. The number of amides is 2. The van der Waals surface area contributed by atoms with Gasteiger partial charge in [0, 0.05) is 22.5 Å². The summed E-state index contributed by atoms with van der Waals surface area (Å²) in [5.74, 6) is -1.30. The van der Waals surface area contributed by atoms with Gasteiger partial charge < -0.3 is 15.0 Å². The van der Waals surface area contributed by atoms with Gasteiger partial charge >= 0.3 is 0 Å². The van der Waals surface area contributed by atoms with Gasteiger partial charge in [-0.05, 0) is 30.3 Å². The van der Waals surface area contributed by atoms with Crippen LogP contribution in [-0.2, 0) is 11.3 Å². The van der Waals surface area contributed by atoms with Gasteiger partial charge in [-0.25, -0.2) is 0 Å². The summed E-state index contributed by atoms with van der Waals surface area (Å²) in [6.07, 6.45) is 0.207. The van der Waals surface area contributed by atoms with Gasteiger partial charge in [0.15, 0.2) is 5.69 Å². The number of hydrogen-bond acceptors (Lipinski definition) is 5. The predicted octanol–water partition coefficient (Wildman–Crippen LogP) is 3.95. The number of nitrogens with zero attached hydrogens (tertiary/aromatic N) is 4. The number of aryl methyl sites for hydroxylation is 1. The largest absolute Gasteiger partial charge is 0.493 e. The van der Waals surface area contributed by atoms with E-state index in [0.29, 0.717) is 21.5 Å². The third-order valence-electron chi connectivity index (χ3n) is 4.13. The summed E-state index contributed by atoms with van der Waals surface area (Å²) in [6.45, 7) is -0.0672. The Hall–Kier alpha value is -3.70. The van der Waals surface area contributed by atoms with Crippen LogP contribution in [0.15, 0.2) is 58.8 Å². The molecule has 0 bridgehead atoms. The van der Waals surface area contributed by atoms with Crippen LogP contribution >= 0.6 is 11.6 Å². The maximum absolute atomic E-state index is 12.0. The second kappa shape index (κ2) is 8.99. The first kappa shape index (κ1) is 20.0. The minimum atomic E-state index is -0.680. The molecule has 0 fully saturated rings. The van der Waals surface area contributed by atoms with Crippen molar-refractivity contribution in [2.75, 3.05) is 6.54 Å². The highest BCUT2D eigenvalue weighted by atomic mass is 35.5. The van der Waals surface area contributed by atoms with Crippen molar-refractivity contribution in [1.82, 2.24) is 9.88 Å². The number of aromatic nitrogens is 1. The summed E-state index contributed by atoms with van der Waals surface area (Å²) in [4.78, 5) is 24.0. The molecule has 9 heteroatoms. The Kier molecular flexibility index (Phi) is 6.22. The Bertz CT molecular complexity index is 1130. The van der Waals surface area contributed by atoms with E-state index in [1.54, 1.807) is 41.0 Å². The summed E-state index contributed by atoms with van der Waals surface area (Å²) in [7, 11) is 0. The molecule has 3 rings (SSSR count). The number of hydrogen-bond donors (Lipinski definition) is 2. The molecule has 0 atom stereocenters. The van der Waals surface area contributed by atoms with Crippen LogP contribution in [0.2, 0.25) is 5.02 Å². The van der Waals surface area contributed by atoms with Crippen LogP contribution in [0.25, 0.3) is 10.9 Å². The molecule has 29 heavy (non-hydrogen) atoms. The van der Waals surface area contributed by atoms with E-state index in [4.69, 9.17) is 16.9 Å². The Morgan fingerprint density at radius 3 is 2.62 bits per heavy atom. The summed E-state index contributed by atoms with van der Waals surface area (Å²) < 4.78 is 1.54. The Labute approximate surface area is 171 Å². The summed E-state index contributed by atoms with van der Waals surface area (Å²) in [5, 5.41) is 30.3. The van der Waals surface area contributed by atoms with Crippen LogP contribution in [0.4, 0.5) is 5.69 Å². The zero-order chi connectivity index (χ0) is 20.8. The molecule has 0 radical (unpaired) electrons. The third-order valence-corrected chi connectivity index (χ3v) is 4.38. The maximum Gasteiger partial charge on any atom is 0.283 e. The lowest BCUT2D eigenvalue weighted by atomic mass is 10.2. The van der Waals surface area contributed by atoms with Crippen LogP contribution in [0.3, 0.4) is 0 Å². The van der Waals surface area contributed by atoms with E-state index in [1.165, 1.54) is 12.1 Å². The number of aromatic hydroxyl groups is 1. The smallest absolute Gasteiger partial charge is 0.283 e. The number of rotatable bonds is 6. The monoisotopic (exact) mass is 409 g/mol. The first-order valence-corrected chi connectivity index (χ1v) is 9.04. The van der Waals surface area contributed by atoms with Crippen molar-refractivity contribution in [1.29, 1.82) is 5.26 Å². The second-order valence-corrected chi connectivity index (χ2v) is 6.47. The normalized spacial score (nSPS) is 10.9. The van der Waals surface area contributed by atoms with Crippen molar-refractivity contribution in [2.24, 2.45) is 10.2 Å². The molecule has 1 aromatic heterocycles. The van der Waals surface area contributed by atoms with Crippen molar-refractivity contribution in [2.45, 2.75) is 13.0 Å². The zero-order valence-corrected chi connectivity index (χ0v) is 15.9. The highest BCUT2D eigenvalue weighted by Crippen LogP contribution is 2.38. The zero-order valence-electron chi connectivity index (χ0n) is 15.2. The number of nitrogens with one attached hydrogen (secondary N) is 1. The van der Waals surface area contributed by atoms with Gasteiger partial charge in [-0.2, -0.15) is 5.26 Å². The lowest BCUT2D eigenvalue weighted by Gasteiger charge is -2.03. The molecule has 0 saturated heterocycles. The number of benzene rings is 2. The number of carbonyl (C=O) groups is 2. The van der Waals surface area contributed by atoms with Crippen LogP contribution in [0.5, 0.6) is 5.88 Å². The fourth-order valence-electron chi connectivity index (χ4n) is 2.76. The Morgan fingerprint density at radius 2 is 1.90 bits per heavy atom. The predicted molar refractivity (Wildman–Crippen MR) is 107 cm³/mol. The van der Waals surface area contributed by atoms with E-state index in [-0.39, 0.29) is 31.1 Å². The molecule has 0 unspecified atom stereocenters. The lowest BCUT2D eigenvalue weighted by Crippen LogP contribution is -2.28. The van der Waals surface area contributed by atoms with Crippen LogP contribution in [-0.4, -0.2) is 28.0 Å². The summed E-state index contributed by atoms with van der Waals surface area (Å²) in [5.41, 5.74) is 1.17. The number of fused-ring (bicyclic) bond motifs is 1. The van der Waals surface area contributed by atoms with Crippen molar-refractivity contribution < 1.29 is 14.7 Å². The van der Waals surface area contributed by atoms with E-state index in [2.05, 4.69) is 15.5 Å². The molecule has 0 aliphatic heterocycles. The summed E-state index contributed by atoms with van der Waals surface area (Å²) >= 11 is 5.78. The summed E-state index contributed by atoms with van der Waals surface area (Å²) in [6, 6.07) is 15.3. The fourth-order valence-corrected chi connectivity index (χ4v) is 2.88. The Balaban J connectivity index is 1.72. The van der Waals surface area contributed by atoms with Gasteiger partial charge in [-0.3, -0.25) is 9.59 Å². The first-order valence-electron chi connectivity index (χ1n) is 8.66. The second-order valence-electron chi connectivity index (χ2n) is 6.03. The number of carbonyl (C=O) groups excluding carboxylic acids is 2. The van der Waals surface area contributed by atoms with Gasteiger partial charge in [-0.1, -0.05) is 29.8 Å². The highest BCUT2D eigenvalue weighted by molar-refractivity contribution is 6.30. The SMILES string of the molecule is N#CCCn1c(O)c(N=NC(=O)CNC(=O)c2ccc(Cl)cc2)c2ccccc21. The molecule has 3 aromatic rings. The Morgan fingerprint density at radius 1 is 1.17 bits per heavy atom. The van der Waals surface area contributed by atoms with Crippen LogP contribution in [0.1, 0.15) is 16.8 Å². The molecule has 0 aliphatic rings. The molecule has 2 N–H and O–H groups in total. The standard InChI is InChI=1S/C20H16ClN5O3/c21-14-8-6-13(7-9-14)19(28)23-12-17(27)24-25-18-15-4-1-2-5-16(15)26(20(18)29)11-3-10-22/h1-2,4-9,29H,3,11-12H2,(H,23,28). The van der Waals surface area contributed by atoms with Gasteiger partial charge in [0.05, 0.1) is 18.0 Å². The topological polar surface area (TPSA) is 120 Å². The van der Waals surface area contributed by atoms with E-state index in [9.17, 15) is 14.7 Å². The molecule has 0 spiro atoms. The maximum atomic E-state index is 12.0. The van der Waals surface area contributed by atoms with Crippen molar-refractivity contribution in [3.8, 4) is 11.9 Å². The number of halogens is 1. The van der Waals surface area contributed by atoms with Crippen LogP contribution < -0.4 is 5.32 Å². The highest BCUT2D eigenvalue weighted by Gasteiger charge is 2.16.